The molecule has 0 aromatic heterocycles. The zero-order valence-corrected chi connectivity index (χ0v) is 33.6. The van der Waals surface area contributed by atoms with Gasteiger partial charge in [0.05, 0.1) is 46.3 Å². The summed E-state index contributed by atoms with van der Waals surface area (Å²) in [6, 6.07) is 26.4. The number of ketones is 1. The average molecular weight is 775 g/mol. The van der Waals surface area contributed by atoms with Crippen molar-refractivity contribution in [1.82, 2.24) is 4.67 Å². The molecule has 14 heteroatoms. The molecule has 1 aliphatic heterocycles. The Kier molecular flexibility index (Phi) is 17.1. The highest BCUT2D eigenvalue weighted by Gasteiger charge is 2.49. The fourth-order valence-electron chi connectivity index (χ4n) is 6.42. The molecule has 0 bridgehead atoms. The van der Waals surface area contributed by atoms with Gasteiger partial charge in [-0.05, 0) is 75.6 Å². The van der Waals surface area contributed by atoms with Crippen LogP contribution in [0.1, 0.15) is 70.6 Å². The summed E-state index contributed by atoms with van der Waals surface area (Å²) in [6.45, 7) is 9.23. The molecule has 5 atom stereocenters. The lowest BCUT2D eigenvalue weighted by Gasteiger charge is -2.39. The Hall–Kier alpha value is -3.86. The number of nitriles is 1. The molecule has 0 amide bonds. The molecule has 3 aromatic rings. The molecule has 1 heterocycles. The number of ether oxygens (including phenoxy) is 6. The molecule has 0 aliphatic carbocycles. The van der Waals surface area contributed by atoms with Crippen molar-refractivity contribution in [2.24, 2.45) is 0 Å². The molecule has 4 rings (SSSR count). The first-order valence-corrected chi connectivity index (χ1v) is 19.5. The van der Waals surface area contributed by atoms with E-state index >= 15 is 0 Å². The molecule has 55 heavy (non-hydrogen) atoms. The van der Waals surface area contributed by atoms with Crippen molar-refractivity contribution in [3.05, 3.63) is 95.6 Å². The summed E-state index contributed by atoms with van der Waals surface area (Å²) in [6.07, 6.45) is -2.45. The van der Waals surface area contributed by atoms with Gasteiger partial charge in [0.2, 0.25) is 0 Å². The molecule has 1 fully saturated rings. The Labute approximate surface area is 327 Å². The van der Waals surface area contributed by atoms with Crippen LogP contribution in [0.15, 0.2) is 78.9 Å². The van der Waals surface area contributed by atoms with Gasteiger partial charge in [-0.1, -0.05) is 54.6 Å². The molecular weight excluding hydrogens is 722 g/mol. The SMILES string of the molecule is [B][C@@H]1O[C@H](COC(c2ccccc2)(c2ccc(OC)cc2)c2ccc(OC)cc2)C(OP(OCCC#N)N(C(C)C)C(C)C)[C@@H]1OCOC(=O)CCC(C)=O. The third-order valence-electron chi connectivity index (χ3n) is 9.02. The summed E-state index contributed by atoms with van der Waals surface area (Å²) in [7, 11) is 8.07. The predicted molar refractivity (Wildman–Crippen MR) is 209 cm³/mol. The van der Waals surface area contributed by atoms with Gasteiger partial charge >= 0.3 is 5.97 Å². The molecule has 0 spiro atoms. The first kappa shape index (κ1) is 43.9. The molecule has 294 valence electrons. The number of hydrogen-bond donors (Lipinski definition) is 0. The number of rotatable bonds is 22. The van der Waals surface area contributed by atoms with Crippen LogP contribution in [-0.4, -0.2) is 94.9 Å². The Bertz CT molecular complexity index is 1620. The zero-order chi connectivity index (χ0) is 40.0. The van der Waals surface area contributed by atoms with Gasteiger partial charge in [-0.15, -0.1) is 0 Å². The Balaban J connectivity index is 1.76. The lowest BCUT2D eigenvalue weighted by atomic mass is 9.80. The van der Waals surface area contributed by atoms with Crippen molar-refractivity contribution in [2.75, 3.05) is 34.2 Å². The molecule has 12 nitrogen and oxygen atoms in total. The fraction of sp³-hybridized carbons (Fsp3) is 0.488. The topological polar surface area (TPSA) is 135 Å². The van der Waals surface area contributed by atoms with Gasteiger partial charge in [-0.25, -0.2) is 4.67 Å². The second-order valence-corrected chi connectivity index (χ2v) is 14.9. The van der Waals surface area contributed by atoms with Crippen molar-refractivity contribution in [3.63, 3.8) is 0 Å². The Morgan fingerprint density at radius 1 is 0.873 bits per heavy atom. The number of hydrogen-bond acceptors (Lipinski definition) is 12. The summed E-state index contributed by atoms with van der Waals surface area (Å²) in [5, 5.41) is 9.31. The van der Waals surface area contributed by atoms with Gasteiger partial charge in [-0.3, -0.25) is 4.79 Å². The molecule has 0 N–H and O–H groups in total. The van der Waals surface area contributed by atoms with Crippen LogP contribution < -0.4 is 9.47 Å². The van der Waals surface area contributed by atoms with E-state index in [2.05, 4.69) is 10.7 Å². The van der Waals surface area contributed by atoms with Crippen molar-refractivity contribution in [1.29, 1.82) is 5.26 Å². The number of benzene rings is 3. The first-order valence-electron chi connectivity index (χ1n) is 18.4. The standard InChI is InChI=1S/C41H52BN2O10P/c1-28(2)44(29(3)4)55(52-25-11-24-43)54-38-36(53-40(42)39(38)50-27-49-37(46)23-14-30(5)45)26-51-41(31-12-9-8-10-13-31,32-15-19-34(47-6)20-16-32)33-17-21-35(48-7)22-18-33/h8-10,12-13,15-22,28-29,36,38-40H,11,14,23,25-27H2,1-7H3/t36-,38?,39+,40-,55?/m1/s1. The van der Waals surface area contributed by atoms with Gasteiger partial charge in [0.25, 0.3) is 8.53 Å². The third kappa shape index (κ3) is 11.6. The van der Waals surface area contributed by atoms with E-state index in [4.69, 9.17) is 45.3 Å². The van der Waals surface area contributed by atoms with Crippen molar-refractivity contribution < 1.29 is 47.1 Å². The van der Waals surface area contributed by atoms with Crippen LogP contribution in [0.25, 0.3) is 0 Å². The van der Waals surface area contributed by atoms with E-state index in [1.54, 1.807) is 14.2 Å². The predicted octanol–water partition coefficient (Wildman–Crippen LogP) is 6.82. The Morgan fingerprint density at radius 3 is 1.95 bits per heavy atom. The van der Waals surface area contributed by atoms with Gasteiger partial charge in [-0.2, -0.15) is 5.26 Å². The summed E-state index contributed by atoms with van der Waals surface area (Å²) < 4.78 is 51.2. The van der Waals surface area contributed by atoms with Crippen LogP contribution in [-0.2, 0) is 43.2 Å². The van der Waals surface area contributed by atoms with Crippen LogP contribution in [0.2, 0.25) is 0 Å². The number of carbonyl (C=O) groups excluding carboxylic acids is 2. The molecule has 2 radical (unpaired) electrons. The van der Waals surface area contributed by atoms with Crippen LogP contribution in [0.4, 0.5) is 0 Å². The number of nitrogens with zero attached hydrogens (tertiary/aromatic N) is 2. The van der Waals surface area contributed by atoms with Crippen molar-refractivity contribution in [2.45, 2.75) is 95.9 Å². The maximum absolute atomic E-state index is 12.4. The van der Waals surface area contributed by atoms with Gasteiger partial charge in [0.1, 0.15) is 49.0 Å². The molecule has 1 aliphatic rings. The second-order valence-electron chi connectivity index (χ2n) is 13.5. The van der Waals surface area contributed by atoms with Crippen LogP contribution >= 0.6 is 8.53 Å². The first-order chi connectivity index (χ1) is 26.4. The van der Waals surface area contributed by atoms with Gasteiger partial charge < -0.3 is 42.3 Å². The lowest BCUT2D eigenvalue weighted by Crippen LogP contribution is -2.43. The monoisotopic (exact) mass is 774 g/mol. The van der Waals surface area contributed by atoms with E-state index in [-0.39, 0.29) is 50.3 Å². The average Bonchev–Trinajstić information content (AvgIpc) is 3.47. The highest BCUT2D eigenvalue weighted by atomic mass is 31.2. The molecule has 2 unspecified atom stereocenters. The van der Waals surface area contributed by atoms with E-state index in [1.165, 1.54) is 6.92 Å². The van der Waals surface area contributed by atoms with E-state index in [0.717, 1.165) is 16.7 Å². The smallest absolute Gasteiger partial charge is 0.308 e. The number of methoxy groups -OCH3 is 2. The molecule has 1 saturated heterocycles. The quantitative estimate of drug-likeness (QED) is 0.0265. The second kappa shape index (κ2) is 21.4. The largest absolute Gasteiger partial charge is 0.497 e. The minimum absolute atomic E-state index is 0.0105. The molecule has 0 saturated carbocycles. The maximum Gasteiger partial charge on any atom is 0.308 e. The highest BCUT2D eigenvalue weighted by Crippen LogP contribution is 2.50. The van der Waals surface area contributed by atoms with Gasteiger partial charge in [0.15, 0.2) is 6.79 Å². The number of esters is 1. The summed E-state index contributed by atoms with van der Waals surface area (Å²) in [5.74, 6) is 0.664. The minimum Gasteiger partial charge on any atom is -0.497 e. The van der Waals surface area contributed by atoms with Crippen molar-refractivity contribution >= 4 is 28.1 Å². The number of carbonyl (C=O) groups is 2. The molecule has 3 aromatic carbocycles. The van der Waals surface area contributed by atoms with Crippen LogP contribution in [0, 0.1) is 11.3 Å². The van der Waals surface area contributed by atoms with E-state index in [9.17, 15) is 14.9 Å². The molecular formula is C41H52BN2O10P. The van der Waals surface area contributed by atoms with Crippen molar-refractivity contribution in [3.8, 4) is 17.6 Å². The fourth-order valence-corrected chi connectivity index (χ4v) is 8.18. The minimum atomic E-state index is -1.78. The normalized spacial score (nSPS) is 19.0. The summed E-state index contributed by atoms with van der Waals surface area (Å²) >= 11 is 0. The summed E-state index contributed by atoms with van der Waals surface area (Å²) in [4.78, 5) is 23.8. The maximum atomic E-state index is 12.4. The zero-order valence-electron chi connectivity index (χ0n) is 32.7. The third-order valence-corrected chi connectivity index (χ3v) is 11.1. The van der Waals surface area contributed by atoms with E-state index in [0.29, 0.717) is 11.5 Å². The summed E-state index contributed by atoms with van der Waals surface area (Å²) in [5.41, 5.74) is 1.33. The van der Waals surface area contributed by atoms with E-state index < -0.39 is 51.2 Å². The van der Waals surface area contributed by atoms with Crippen LogP contribution in [0.5, 0.6) is 11.5 Å². The lowest BCUT2D eigenvalue weighted by molar-refractivity contribution is -0.165. The van der Waals surface area contributed by atoms with Crippen LogP contribution in [0.3, 0.4) is 0 Å². The van der Waals surface area contributed by atoms with E-state index in [1.807, 2.05) is 107 Å². The number of Topliss-reactive ketones (excluding diaryl/α,β-unsaturated/α-hetero) is 1. The Morgan fingerprint density at radius 2 is 1.44 bits per heavy atom. The van der Waals surface area contributed by atoms with Gasteiger partial charge in [0, 0.05) is 24.5 Å². The highest BCUT2D eigenvalue weighted by molar-refractivity contribution is 7.44.